The Hall–Kier alpha value is -4.04. The van der Waals surface area contributed by atoms with Crippen LogP contribution in [-0.4, -0.2) is 77.5 Å². The van der Waals surface area contributed by atoms with E-state index in [1.807, 2.05) is 18.2 Å². The molecule has 5 rings (SSSR count). The number of aliphatic hydroxyl groups excluding tert-OH is 1. The molecule has 8 nitrogen and oxygen atoms in total. The van der Waals surface area contributed by atoms with Crippen molar-refractivity contribution in [3.63, 3.8) is 0 Å². The highest BCUT2D eigenvalue weighted by Gasteiger charge is 2.22. The lowest BCUT2D eigenvalue weighted by atomic mass is 10.0. The number of aromatic nitrogens is 3. The van der Waals surface area contributed by atoms with Crippen molar-refractivity contribution in [2.45, 2.75) is 12.8 Å². The molecule has 0 aliphatic carbocycles. The zero-order chi connectivity index (χ0) is 25.6. The molecule has 2 aromatic heterocycles. The van der Waals surface area contributed by atoms with Crippen LogP contribution >= 0.6 is 0 Å². The van der Waals surface area contributed by atoms with Crippen molar-refractivity contribution < 1.29 is 9.90 Å². The lowest BCUT2D eigenvalue weighted by molar-refractivity contribution is 0.0786. The maximum Gasteiger partial charge on any atom is 0.255 e. The van der Waals surface area contributed by atoms with Gasteiger partial charge in [-0.15, -0.1) is 5.10 Å². The molecule has 1 aliphatic rings. The lowest BCUT2D eigenvalue weighted by Gasteiger charge is -2.36. The molecular weight excluding hydrogens is 464 g/mol. The molecule has 1 amide bonds. The van der Waals surface area contributed by atoms with Crippen molar-refractivity contribution in [1.82, 2.24) is 20.1 Å². The molecule has 0 saturated carbocycles. The van der Waals surface area contributed by atoms with Crippen molar-refractivity contribution in [3.05, 3.63) is 89.7 Å². The average Bonchev–Trinajstić information content (AvgIpc) is 2.96. The van der Waals surface area contributed by atoms with Gasteiger partial charge in [-0.2, -0.15) is 5.10 Å². The third-order valence-corrected chi connectivity index (χ3v) is 6.86. The number of carbonyl (C=O) groups excluding carboxylic acids is 1. The number of anilines is 2. The van der Waals surface area contributed by atoms with Gasteiger partial charge in [-0.05, 0) is 24.1 Å². The highest BCUT2D eigenvalue weighted by atomic mass is 16.3. The van der Waals surface area contributed by atoms with E-state index in [0.717, 1.165) is 60.7 Å². The second-order valence-corrected chi connectivity index (χ2v) is 9.36. The Morgan fingerprint density at radius 2 is 1.59 bits per heavy atom. The standard InChI is InChI=1S/C29H32N6O2/c1-33(14-7-19-36)29(37)23-12-13-27(30-21-23)34-15-17-35(18-16-34)28-25-11-6-5-10-24(25)26(31-32-28)20-22-8-3-2-4-9-22/h2-6,8-13,21,36H,7,14-20H2,1H3. The SMILES string of the molecule is CN(CCCO)C(=O)c1ccc(N2CCN(c3nnc(Cc4ccccc4)c4ccccc34)CC2)nc1. The first kappa shape index (κ1) is 24.6. The van der Waals surface area contributed by atoms with Crippen LogP contribution in [0.15, 0.2) is 72.9 Å². The predicted molar refractivity (Wildman–Crippen MR) is 146 cm³/mol. The van der Waals surface area contributed by atoms with E-state index < -0.39 is 0 Å². The van der Waals surface area contributed by atoms with Crippen LogP contribution in [-0.2, 0) is 6.42 Å². The third kappa shape index (κ3) is 5.54. The molecule has 37 heavy (non-hydrogen) atoms. The van der Waals surface area contributed by atoms with Gasteiger partial charge in [0.15, 0.2) is 5.82 Å². The molecule has 3 heterocycles. The lowest BCUT2D eigenvalue weighted by Crippen LogP contribution is -2.47. The van der Waals surface area contributed by atoms with Gasteiger partial charge in [0.2, 0.25) is 0 Å². The zero-order valence-electron chi connectivity index (χ0n) is 21.1. The normalized spacial score (nSPS) is 13.7. The van der Waals surface area contributed by atoms with Crippen molar-refractivity contribution in [1.29, 1.82) is 0 Å². The highest BCUT2D eigenvalue weighted by molar-refractivity contribution is 5.94. The van der Waals surface area contributed by atoms with E-state index in [4.69, 9.17) is 5.11 Å². The second kappa shape index (κ2) is 11.3. The van der Waals surface area contributed by atoms with Crippen LogP contribution in [0.4, 0.5) is 11.6 Å². The van der Waals surface area contributed by atoms with Crippen molar-refractivity contribution in [2.75, 3.05) is 56.2 Å². The maximum atomic E-state index is 12.5. The molecule has 0 spiro atoms. The van der Waals surface area contributed by atoms with Crippen LogP contribution in [0.5, 0.6) is 0 Å². The second-order valence-electron chi connectivity index (χ2n) is 9.36. The fraction of sp³-hybridized carbons (Fsp3) is 0.310. The summed E-state index contributed by atoms with van der Waals surface area (Å²) in [6.45, 7) is 3.81. The molecule has 1 saturated heterocycles. The number of nitrogens with zero attached hydrogens (tertiary/aromatic N) is 6. The van der Waals surface area contributed by atoms with E-state index in [9.17, 15) is 4.79 Å². The first-order chi connectivity index (χ1) is 18.1. The molecule has 2 aromatic carbocycles. The average molecular weight is 497 g/mol. The number of amides is 1. The third-order valence-electron chi connectivity index (χ3n) is 6.86. The van der Waals surface area contributed by atoms with E-state index in [-0.39, 0.29) is 12.5 Å². The number of piperazine rings is 1. The summed E-state index contributed by atoms with van der Waals surface area (Å²) >= 11 is 0. The Balaban J connectivity index is 1.26. The summed E-state index contributed by atoms with van der Waals surface area (Å²) in [7, 11) is 1.74. The van der Waals surface area contributed by atoms with Gasteiger partial charge in [-0.25, -0.2) is 4.98 Å². The molecule has 1 N–H and O–H groups in total. The highest BCUT2D eigenvalue weighted by Crippen LogP contribution is 2.28. The van der Waals surface area contributed by atoms with Gasteiger partial charge in [0.05, 0.1) is 11.3 Å². The molecule has 0 unspecified atom stereocenters. The number of carbonyl (C=O) groups is 1. The van der Waals surface area contributed by atoms with Gasteiger partial charge < -0.3 is 19.8 Å². The van der Waals surface area contributed by atoms with E-state index in [1.54, 1.807) is 18.1 Å². The number of aliphatic hydroxyl groups is 1. The topological polar surface area (TPSA) is 85.7 Å². The van der Waals surface area contributed by atoms with E-state index in [2.05, 4.69) is 73.5 Å². The van der Waals surface area contributed by atoms with E-state index in [1.165, 1.54) is 5.56 Å². The van der Waals surface area contributed by atoms with E-state index in [0.29, 0.717) is 18.5 Å². The number of benzene rings is 2. The van der Waals surface area contributed by atoms with Gasteiger partial charge in [0.1, 0.15) is 5.82 Å². The fourth-order valence-electron chi connectivity index (χ4n) is 4.78. The van der Waals surface area contributed by atoms with Gasteiger partial charge in [-0.1, -0.05) is 54.6 Å². The zero-order valence-corrected chi connectivity index (χ0v) is 21.1. The Labute approximate surface area is 217 Å². The van der Waals surface area contributed by atoms with Crippen LogP contribution in [0.25, 0.3) is 10.8 Å². The molecule has 1 aliphatic heterocycles. The molecule has 0 atom stereocenters. The van der Waals surface area contributed by atoms with Crippen LogP contribution in [0.3, 0.4) is 0 Å². The van der Waals surface area contributed by atoms with Gasteiger partial charge in [0, 0.05) is 69.8 Å². The minimum Gasteiger partial charge on any atom is -0.396 e. The predicted octanol–water partition coefficient (Wildman–Crippen LogP) is 3.40. The maximum absolute atomic E-state index is 12.5. The molecule has 4 aromatic rings. The number of hydrogen-bond donors (Lipinski definition) is 1. The Morgan fingerprint density at radius 3 is 2.30 bits per heavy atom. The molecule has 8 heteroatoms. The summed E-state index contributed by atoms with van der Waals surface area (Å²) < 4.78 is 0. The fourth-order valence-corrected chi connectivity index (χ4v) is 4.78. The van der Waals surface area contributed by atoms with Crippen molar-refractivity contribution in [3.8, 4) is 0 Å². The van der Waals surface area contributed by atoms with E-state index >= 15 is 0 Å². The quantitative estimate of drug-likeness (QED) is 0.400. The Bertz CT molecular complexity index is 1340. The summed E-state index contributed by atoms with van der Waals surface area (Å²) in [5.41, 5.74) is 2.77. The summed E-state index contributed by atoms with van der Waals surface area (Å²) in [5.74, 6) is 1.70. The number of fused-ring (bicyclic) bond motifs is 1. The van der Waals surface area contributed by atoms with Crippen LogP contribution < -0.4 is 9.80 Å². The molecule has 1 fully saturated rings. The molecule has 190 valence electrons. The molecule has 0 radical (unpaired) electrons. The first-order valence-electron chi connectivity index (χ1n) is 12.7. The minimum atomic E-state index is -0.0847. The number of hydrogen-bond acceptors (Lipinski definition) is 7. The monoisotopic (exact) mass is 496 g/mol. The van der Waals surface area contributed by atoms with Gasteiger partial charge in [0.25, 0.3) is 5.91 Å². The Morgan fingerprint density at radius 1 is 0.892 bits per heavy atom. The number of pyridine rings is 1. The van der Waals surface area contributed by atoms with Crippen molar-refractivity contribution in [2.24, 2.45) is 0 Å². The Kier molecular flexibility index (Phi) is 7.56. The van der Waals surface area contributed by atoms with Crippen LogP contribution in [0, 0.1) is 0 Å². The molecular formula is C29H32N6O2. The first-order valence-corrected chi connectivity index (χ1v) is 12.7. The van der Waals surface area contributed by atoms with Crippen molar-refractivity contribution >= 4 is 28.3 Å². The number of rotatable bonds is 8. The van der Waals surface area contributed by atoms with Crippen LogP contribution in [0.2, 0.25) is 0 Å². The largest absolute Gasteiger partial charge is 0.396 e. The summed E-state index contributed by atoms with van der Waals surface area (Å²) in [6.07, 6.45) is 2.96. The summed E-state index contributed by atoms with van der Waals surface area (Å²) in [4.78, 5) is 23.3. The summed E-state index contributed by atoms with van der Waals surface area (Å²) in [6, 6.07) is 22.5. The molecule has 0 bridgehead atoms. The van der Waals surface area contributed by atoms with Crippen LogP contribution in [0.1, 0.15) is 28.0 Å². The van der Waals surface area contributed by atoms with Gasteiger partial charge >= 0.3 is 0 Å². The summed E-state index contributed by atoms with van der Waals surface area (Å²) in [5, 5.41) is 20.6. The minimum absolute atomic E-state index is 0.0694. The smallest absolute Gasteiger partial charge is 0.255 e. The van der Waals surface area contributed by atoms with Gasteiger partial charge in [-0.3, -0.25) is 4.79 Å².